The molecule has 116 valence electrons. The van der Waals surface area contributed by atoms with Gasteiger partial charge in [0.2, 0.25) is 5.91 Å². The molecule has 0 spiro atoms. The van der Waals surface area contributed by atoms with Crippen LogP contribution in [0.5, 0.6) is 0 Å². The van der Waals surface area contributed by atoms with Crippen molar-refractivity contribution in [1.82, 2.24) is 4.90 Å². The predicted molar refractivity (Wildman–Crippen MR) is 83.9 cm³/mol. The normalized spacial score (nSPS) is 25.6. The van der Waals surface area contributed by atoms with Crippen LogP contribution in [0.2, 0.25) is 0 Å². The van der Waals surface area contributed by atoms with Crippen LogP contribution >= 0.6 is 11.8 Å². The number of methoxy groups -OCH3 is 1. The Bertz CT molecular complexity index is 313. The van der Waals surface area contributed by atoms with Gasteiger partial charge in [0.05, 0.1) is 12.0 Å². The molecule has 1 saturated heterocycles. The van der Waals surface area contributed by atoms with E-state index in [1.54, 1.807) is 7.11 Å². The van der Waals surface area contributed by atoms with Gasteiger partial charge in [0.1, 0.15) is 0 Å². The van der Waals surface area contributed by atoms with E-state index in [4.69, 9.17) is 10.5 Å². The van der Waals surface area contributed by atoms with Crippen LogP contribution in [0.1, 0.15) is 38.5 Å². The molecule has 2 aliphatic rings. The Hall–Kier alpha value is -0.260. The molecule has 2 fully saturated rings. The minimum atomic E-state index is -0.292. The summed E-state index contributed by atoms with van der Waals surface area (Å²) < 4.78 is 5.20. The van der Waals surface area contributed by atoms with Gasteiger partial charge in [0, 0.05) is 32.0 Å². The lowest BCUT2D eigenvalue weighted by Gasteiger charge is -2.41. The van der Waals surface area contributed by atoms with E-state index in [2.05, 4.69) is 4.90 Å². The average Bonchev–Trinajstić information content (AvgIpc) is 3.02. The highest BCUT2D eigenvalue weighted by molar-refractivity contribution is 7.99. The molecule has 0 radical (unpaired) electrons. The van der Waals surface area contributed by atoms with Crippen LogP contribution in [0.4, 0.5) is 0 Å². The number of amides is 1. The Labute approximate surface area is 126 Å². The van der Waals surface area contributed by atoms with Crippen molar-refractivity contribution in [3.63, 3.8) is 0 Å². The fourth-order valence-electron chi connectivity index (χ4n) is 3.45. The predicted octanol–water partition coefficient (Wildman–Crippen LogP) is 1.88. The Morgan fingerprint density at radius 2 is 2.15 bits per heavy atom. The maximum Gasteiger partial charge on any atom is 0.230 e. The zero-order valence-electron chi connectivity index (χ0n) is 12.6. The molecule has 0 aromatic heterocycles. The minimum Gasteiger partial charge on any atom is -0.383 e. The van der Waals surface area contributed by atoms with Crippen LogP contribution in [-0.2, 0) is 9.53 Å². The summed E-state index contributed by atoms with van der Waals surface area (Å²) in [6.45, 7) is 1.82. The second-order valence-electron chi connectivity index (χ2n) is 6.05. The number of carbonyl (C=O) groups is 1. The van der Waals surface area contributed by atoms with Crippen molar-refractivity contribution < 1.29 is 9.53 Å². The van der Waals surface area contributed by atoms with E-state index in [1.165, 1.54) is 6.42 Å². The summed E-state index contributed by atoms with van der Waals surface area (Å²) in [5, 5.41) is 0. The van der Waals surface area contributed by atoms with E-state index in [9.17, 15) is 4.79 Å². The minimum absolute atomic E-state index is 0.292. The molecule has 1 saturated carbocycles. The first kappa shape index (κ1) is 16.1. The second-order valence-corrected chi connectivity index (χ2v) is 7.20. The first-order valence-corrected chi connectivity index (χ1v) is 8.97. The number of carbonyl (C=O) groups excluding carboxylic acids is 1. The number of hydrogen-bond acceptors (Lipinski definition) is 4. The molecule has 2 rings (SSSR count). The first-order valence-electron chi connectivity index (χ1n) is 7.81. The van der Waals surface area contributed by atoms with Crippen LogP contribution in [0, 0.1) is 5.41 Å². The Morgan fingerprint density at radius 1 is 1.40 bits per heavy atom. The standard InChI is InChI=1S/C15H28N2O2S/c1-19-9-8-17(13-5-10-20-11-13)14(18)15(12-16)6-3-2-4-7-15/h13H,2-12,16H2,1H3. The van der Waals surface area contributed by atoms with Crippen molar-refractivity contribution in [3.8, 4) is 0 Å². The highest BCUT2D eigenvalue weighted by Gasteiger charge is 2.42. The summed E-state index contributed by atoms with van der Waals surface area (Å²) in [5.41, 5.74) is 5.73. The SMILES string of the molecule is COCCN(C(=O)C1(CN)CCCCC1)C1CCSC1. The highest BCUT2D eigenvalue weighted by atomic mass is 32.2. The molecule has 1 atom stereocenters. The average molecular weight is 300 g/mol. The summed E-state index contributed by atoms with van der Waals surface area (Å²) in [6.07, 6.45) is 6.56. The molecule has 0 aromatic rings. The quantitative estimate of drug-likeness (QED) is 0.814. The lowest BCUT2D eigenvalue weighted by atomic mass is 9.72. The first-order chi connectivity index (χ1) is 9.73. The summed E-state index contributed by atoms with van der Waals surface area (Å²) in [7, 11) is 1.70. The van der Waals surface area contributed by atoms with Crippen molar-refractivity contribution in [1.29, 1.82) is 0 Å². The summed E-state index contributed by atoms with van der Waals surface area (Å²) in [4.78, 5) is 15.2. The molecule has 0 aromatic carbocycles. The van der Waals surface area contributed by atoms with E-state index in [0.29, 0.717) is 31.6 Å². The van der Waals surface area contributed by atoms with Crippen molar-refractivity contribution in [2.75, 3.05) is 38.3 Å². The molecule has 20 heavy (non-hydrogen) atoms. The van der Waals surface area contributed by atoms with Crippen molar-refractivity contribution in [2.45, 2.75) is 44.6 Å². The van der Waals surface area contributed by atoms with Gasteiger partial charge < -0.3 is 15.4 Å². The summed E-state index contributed by atoms with van der Waals surface area (Å²) in [5.74, 6) is 2.52. The molecule has 0 bridgehead atoms. The number of nitrogens with zero attached hydrogens (tertiary/aromatic N) is 1. The van der Waals surface area contributed by atoms with Gasteiger partial charge in [-0.1, -0.05) is 19.3 Å². The summed E-state index contributed by atoms with van der Waals surface area (Å²) in [6, 6.07) is 0.382. The van der Waals surface area contributed by atoms with Crippen LogP contribution in [-0.4, -0.2) is 55.2 Å². The van der Waals surface area contributed by atoms with E-state index >= 15 is 0 Å². The van der Waals surface area contributed by atoms with Crippen LogP contribution in [0.15, 0.2) is 0 Å². The molecule has 1 heterocycles. The number of hydrogen-bond donors (Lipinski definition) is 1. The number of ether oxygens (including phenoxy) is 1. The zero-order valence-corrected chi connectivity index (χ0v) is 13.4. The van der Waals surface area contributed by atoms with E-state index in [-0.39, 0.29) is 5.41 Å². The number of rotatable bonds is 6. The molecular weight excluding hydrogens is 272 g/mol. The fourth-order valence-corrected chi connectivity index (χ4v) is 4.67. The topological polar surface area (TPSA) is 55.6 Å². The smallest absolute Gasteiger partial charge is 0.230 e. The number of nitrogens with two attached hydrogens (primary N) is 1. The third kappa shape index (κ3) is 3.49. The van der Waals surface area contributed by atoms with Gasteiger partial charge in [-0.05, 0) is 25.0 Å². The van der Waals surface area contributed by atoms with Gasteiger partial charge >= 0.3 is 0 Å². The van der Waals surface area contributed by atoms with Gasteiger partial charge in [-0.25, -0.2) is 0 Å². The maximum atomic E-state index is 13.1. The molecule has 1 aliphatic heterocycles. The number of thioether (sulfide) groups is 1. The van der Waals surface area contributed by atoms with E-state index in [1.807, 2.05) is 11.8 Å². The van der Waals surface area contributed by atoms with Crippen molar-refractivity contribution in [2.24, 2.45) is 11.1 Å². The highest BCUT2D eigenvalue weighted by Crippen LogP contribution is 2.38. The monoisotopic (exact) mass is 300 g/mol. The zero-order chi connectivity index (χ0) is 14.4. The van der Waals surface area contributed by atoms with Crippen LogP contribution in [0.3, 0.4) is 0 Å². The third-order valence-electron chi connectivity index (χ3n) is 4.80. The maximum absolute atomic E-state index is 13.1. The van der Waals surface area contributed by atoms with Crippen LogP contribution in [0.25, 0.3) is 0 Å². The lowest BCUT2D eigenvalue weighted by molar-refractivity contribution is -0.146. The molecule has 4 nitrogen and oxygen atoms in total. The van der Waals surface area contributed by atoms with Crippen molar-refractivity contribution >= 4 is 17.7 Å². The van der Waals surface area contributed by atoms with Crippen molar-refractivity contribution in [3.05, 3.63) is 0 Å². The molecule has 2 N–H and O–H groups in total. The van der Waals surface area contributed by atoms with E-state index < -0.39 is 0 Å². The lowest BCUT2D eigenvalue weighted by Crippen LogP contribution is -2.53. The van der Waals surface area contributed by atoms with Gasteiger partial charge in [-0.2, -0.15) is 11.8 Å². The Morgan fingerprint density at radius 3 is 2.70 bits per heavy atom. The van der Waals surface area contributed by atoms with Gasteiger partial charge in [-0.3, -0.25) is 4.79 Å². The second kappa shape index (κ2) is 7.66. The van der Waals surface area contributed by atoms with E-state index in [0.717, 1.165) is 43.6 Å². The summed E-state index contributed by atoms with van der Waals surface area (Å²) >= 11 is 1.95. The molecule has 1 aliphatic carbocycles. The molecule has 5 heteroatoms. The van der Waals surface area contributed by atoms with Crippen LogP contribution < -0.4 is 5.73 Å². The molecular formula is C15H28N2O2S. The van der Waals surface area contributed by atoms with Gasteiger partial charge in [-0.15, -0.1) is 0 Å². The third-order valence-corrected chi connectivity index (χ3v) is 5.94. The van der Waals surface area contributed by atoms with Gasteiger partial charge in [0.25, 0.3) is 0 Å². The fraction of sp³-hybridized carbons (Fsp3) is 0.933. The largest absolute Gasteiger partial charge is 0.383 e. The molecule has 1 unspecified atom stereocenters. The molecule has 1 amide bonds. The Kier molecular flexibility index (Phi) is 6.18. The van der Waals surface area contributed by atoms with Gasteiger partial charge in [0.15, 0.2) is 0 Å². The Balaban J connectivity index is 2.10.